The molecule has 0 saturated heterocycles. The minimum Gasteiger partial charge on any atom is -0.427 e. The third-order valence-corrected chi connectivity index (χ3v) is 4.82. The molecule has 0 unspecified atom stereocenters. The second kappa shape index (κ2) is 13.0. The smallest absolute Gasteiger partial charge is 0.311 e. The first-order valence-electron chi connectivity index (χ1n) is 10.8. The maximum absolute atomic E-state index is 11.5. The summed E-state index contributed by atoms with van der Waals surface area (Å²) in [4.78, 5) is 20.5. The Labute approximate surface area is 169 Å². The molecule has 28 heavy (non-hydrogen) atoms. The standard InChI is InChI=1S/C24H34N2O2/c1-3-5-6-7-8-9-10-11-13-20-18-25-24(26-19-20)21-14-16-22(17-15-21)28-23(27)12-4-2/h14-19H,3-13H2,1-2H3. The fourth-order valence-electron chi connectivity index (χ4n) is 3.15. The number of rotatable bonds is 13. The average Bonchev–Trinajstić information content (AvgIpc) is 2.71. The van der Waals surface area contributed by atoms with E-state index in [0.29, 0.717) is 18.0 Å². The number of esters is 1. The highest BCUT2D eigenvalue weighted by Gasteiger charge is 2.06. The van der Waals surface area contributed by atoms with Crippen LogP contribution in [0.2, 0.25) is 0 Å². The van der Waals surface area contributed by atoms with Gasteiger partial charge in [0.1, 0.15) is 5.75 Å². The van der Waals surface area contributed by atoms with Crippen molar-refractivity contribution in [2.75, 3.05) is 0 Å². The van der Waals surface area contributed by atoms with Gasteiger partial charge in [0.2, 0.25) is 0 Å². The summed E-state index contributed by atoms with van der Waals surface area (Å²) < 4.78 is 5.28. The molecule has 0 spiro atoms. The van der Waals surface area contributed by atoms with Gasteiger partial charge >= 0.3 is 5.97 Å². The van der Waals surface area contributed by atoms with Crippen molar-refractivity contribution in [3.05, 3.63) is 42.2 Å². The molecule has 0 N–H and O–H groups in total. The van der Waals surface area contributed by atoms with Gasteiger partial charge in [0.15, 0.2) is 5.82 Å². The lowest BCUT2D eigenvalue weighted by atomic mass is 10.1. The molecule has 4 heteroatoms. The first-order chi connectivity index (χ1) is 13.7. The molecule has 4 nitrogen and oxygen atoms in total. The molecule has 0 radical (unpaired) electrons. The number of benzene rings is 1. The van der Waals surface area contributed by atoms with E-state index in [-0.39, 0.29) is 5.97 Å². The highest BCUT2D eigenvalue weighted by Crippen LogP contribution is 2.20. The summed E-state index contributed by atoms with van der Waals surface area (Å²) in [6.45, 7) is 4.22. The number of ether oxygens (including phenoxy) is 1. The van der Waals surface area contributed by atoms with Crippen LogP contribution in [0.1, 0.15) is 83.6 Å². The zero-order valence-corrected chi connectivity index (χ0v) is 17.5. The Balaban J connectivity index is 1.73. The lowest BCUT2D eigenvalue weighted by molar-refractivity contribution is -0.134. The fourth-order valence-corrected chi connectivity index (χ4v) is 3.15. The molecule has 0 aliphatic carbocycles. The van der Waals surface area contributed by atoms with Crippen molar-refractivity contribution in [2.45, 2.75) is 84.5 Å². The van der Waals surface area contributed by atoms with Crippen molar-refractivity contribution in [3.63, 3.8) is 0 Å². The van der Waals surface area contributed by atoms with Crippen LogP contribution < -0.4 is 4.74 Å². The zero-order chi connectivity index (χ0) is 20.0. The summed E-state index contributed by atoms with van der Waals surface area (Å²) in [6, 6.07) is 7.37. The van der Waals surface area contributed by atoms with Crippen molar-refractivity contribution in [3.8, 4) is 17.1 Å². The van der Waals surface area contributed by atoms with Crippen LogP contribution in [0.25, 0.3) is 11.4 Å². The van der Waals surface area contributed by atoms with Gasteiger partial charge in [-0.25, -0.2) is 9.97 Å². The summed E-state index contributed by atoms with van der Waals surface area (Å²) in [5, 5.41) is 0. The van der Waals surface area contributed by atoms with Crippen LogP contribution in [0.15, 0.2) is 36.7 Å². The number of carbonyl (C=O) groups excluding carboxylic acids is 1. The molecule has 0 saturated carbocycles. The Hall–Kier alpha value is -2.23. The quantitative estimate of drug-likeness (QED) is 0.224. The molecule has 2 rings (SSSR count). The minimum atomic E-state index is -0.197. The molecule has 2 aromatic rings. The Morgan fingerprint density at radius 1 is 0.821 bits per heavy atom. The molecule has 0 aliphatic heterocycles. The highest BCUT2D eigenvalue weighted by atomic mass is 16.5. The number of aryl methyl sites for hydroxylation is 1. The van der Waals surface area contributed by atoms with E-state index in [9.17, 15) is 4.79 Å². The highest BCUT2D eigenvalue weighted by molar-refractivity contribution is 5.72. The predicted octanol–water partition coefficient (Wildman–Crippen LogP) is 6.53. The molecule has 0 atom stereocenters. The summed E-state index contributed by atoms with van der Waals surface area (Å²) in [5.74, 6) is 1.07. The summed E-state index contributed by atoms with van der Waals surface area (Å²) in [5.41, 5.74) is 2.12. The fraction of sp³-hybridized carbons (Fsp3) is 0.542. The van der Waals surface area contributed by atoms with Gasteiger partial charge in [0.05, 0.1) is 0 Å². The van der Waals surface area contributed by atoms with E-state index in [0.717, 1.165) is 18.4 Å². The second-order valence-electron chi connectivity index (χ2n) is 7.39. The van der Waals surface area contributed by atoms with Crippen LogP contribution >= 0.6 is 0 Å². The topological polar surface area (TPSA) is 52.1 Å². The molecular weight excluding hydrogens is 348 g/mol. The van der Waals surface area contributed by atoms with Gasteiger partial charge in [-0.15, -0.1) is 0 Å². The van der Waals surface area contributed by atoms with E-state index in [1.165, 1.54) is 56.9 Å². The van der Waals surface area contributed by atoms with E-state index in [4.69, 9.17) is 4.74 Å². The molecule has 0 fully saturated rings. The third-order valence-electron chi connectivity index (χ3n) is 4.82. The number of hydrogen-bond acceptors (Lipinski definition) is 4. The number of hydrogen-bond donors (Lipinski definition) is 0. The Morgan fingerprint density at radius 3 is 2.04 bits per heavy atom. The Morgan fingerprint density at radius 2 is 1.43 bits per heavy atom. The van der Waals surface area contributed by atoms with Crippen molar-refractivity contribution >= 4 is 5.97 Å². The van der Waals surface area contributed by atoms with Gasteiger partial charge in [-0.3, -0.25) is 4.79 Å². The average molecular weight is 383 g/mol. The van der Waals surface area contributed by atoms with Crippen molar-refractivity contribution < 1.29 is 9.53 Å². The lowest BCUT2D eigenvalue weighted by Crippen LogP contribution is -2.06. The van der Waals surface area contributed by atoms with Crippen LogP contribution in [0, 0.1) is 0 Å². The van der Waals surface area contributed by atoms with Crippen molar-refractivity contribution in [1.29, 1.82) is 0 Å². The Bertz CT molecular complexity index is 681. The molecule has 1 heterocycles. The maximum Gasteiger partial charge on any atom is 0.311 e. The van der Waals surface area contributed by atoms with E-state index < -0.39 is 0 Å². The lowest BCUT2D eigenvalue weighted by Gasteiger charge is -2.06. The van der Waals surface area contributed by atoms with E-state index in [2.05, 4.69) is 16.9 Å². The van der Waals surface area contributed by atoms with Crippen LogP contribution in [0.4, 0.5) is 0 Å². The predicted molar refractivity (Wildman–Crippen MR) is 114 cm³/mol. The van der Waals surface area contributed by atoms with Crippen LogP contribution in [-0.2, 0) is 11.2 Å². The molecular formula is C24H34N2O2. The number of unbranched alkanes of at least 4 members (excludes halogenated alkanes) is 7. The number of nitrogens with zero attached hydrogens (tertiary/aromatic N) is 2. The SMILES string of the molecule is CCCCCCCCCCc1cnc(-c2ccc(OC(=O)CCC)cc2)nc1. The van der Waals surface area contributed by atoms with Crippen LogP contribution in [0.3, 0.4) is 0 Å². The second-order valence-corrected chi connectivity index (χ2v) is 7.39. The van der Waals surface area contributed by atoms with Crippen molar-refractivity contribution in [1.82, 2.24) is 9.97 Å². The van der Waals surface area contributed by atoms with Gasteiger partial charge in [0, 0.05) is 24.4 Å². The normalized spacial score (nSPS) is 10.8. The first kappa shape index (κ1) is 22.1. The van der Waals surface area contributed by atoms with Crippen molar-refractivity contribution in [2.24, 2.45) is 0 Å². The van der Waals surface area contributed by atoms with Gasteiger partial charge in [-0.2, -0.15) is 0 Å². The largest absolute Gasteiger partial charge is 0.427 e. The van der Waals surface area contributed by atoms with Gasteiger partial charge < -0.3 is 4.74 Å². The number of carbonyl (C=O) groups is 1. The molecule has 1 aromatic heterocycles. The molecule has 0 aliphatic rings. The van der Waals surface area contributed by atoms with E-state index >= 15 is 0 Å². The molecule has 0 bridgehead atoms. The van der Waals surface area contributed by atoms with Gasteiger partial charge in [-0.05, 0) is 49.1 Å². The number of aromatic nitrogens is 2. The van der Waals surface area contributed by atoms with E-state index in [1.54, 1.807) is 12.1 Å². The Kier molecular flexibility index (Phi) is 10.3. The summed E-state index contributed by atoms with van der Waals surface area (Å²) in [6.07, 6.45) is 16.7. The van der Waals surface area contributed by atoms with E-state index in [1.807, 2.05) is 31.5 Å². The van der Waals surface area contributed by atoms with Crippen LogP contribution in [-0.4, -0.2) is 15.9 Å². The minimum absolute atomic E-state index is 0.197. The zero-order valence-electron chi connectivity index (χ0n) is 17.5. The third kappa shape index (κ3) is 8.20. The maximum atomic E-state index is 11.5. The first-order valence-corrected chi connectivity index (χ1v) is 10.8. The molecule has 0 amide bonds. The molecule has 1 aromatic carbocycles. The monoisotopic (exact) mass is 382 g/mol. The van der Waals surface area contributed by atoms with Crippen LogP contribution in [0.5, 0.6) is 5.75 Å². The molecule has 152 valence electrons. The summed E-state index contributed by atoms with van der Waals surface area (Å²) in [7, 11) is 0. The van der Waals surface area contributed by atoms with Gasteiger partial charge in [0.25, 0.3) is 0 Å². The summed E-state index contributed by atoms with van der Waals surface area (Å²) >= 11 is 0. The van der Waals surface area contributed by atoms with Gasteiger partial charge in [-0.1, -0.05) is 58.8 Å².